The van der Waals surface area contributed by atoms with E-state index in [-0.39, 0.29) is 17.1 Å². The second-order valence-electron chi connectivity index (χ2n) is 8.13. The molecule has 0 spiro atoms. The molecule has 2 heterocycles. The fourth-order valence-electron chi connectivity index (χ4n) is 3.06. The highest BCUT2D eigenvalue weighted by molar-refractivity contribution is 8.13. The van der Waals surface area contributed by atoms with Gasteiger partial charge in [-0.25, -0.2) is 14.2 Å². The van der Waals surface area contributed by atoms with Gasteiger partial charge in [0, 0.05) is 12.2 Å². The van der Waals surface area contributed by atoms with Gasteiger partial charge in [0.25, 0.3) is 5.84 Å². The Bertz CT molecular complexity index is 930. The monoisotopic (exact) mass is 403 g/mol. The number of hydrogen-bond acceptors (Lipinski definition) is 5. The summed E-state index contributed by atoms with van der Waals surface area (Å²) in [6.45, 7) is 6.22. The van der Waals surface area contributed by atoms with Crippen molar-refractivity contribution in [2.75, 3.05) is 14.1 Å². The van der Waals surface area contributed by atoms with E-state index >= 15 is 0 Å². The number of imide groups is 1. The number of amides is 3. The van der Waals surface area contributed by atoms with Crippen LogP contribution in [0.1, 0.15) is 32.8 Å². The highest BCUT2D eigenvalue weighted by Crippen LogP contribution is 2.30. The summed E-state index contributed by atoms with van der Waals surface area (Å²) in [6.07, 6.45) is 0.596. The number of carbonyl (C=O) groups excluding carboxylic acids is 2. The molecule has 3 amide bonds. The van der Waals surface area contributed by atoms with E-state index in [2.05, 4.69) is 30.8 Å². The highest BCUT2D eigenvalue weighted by atomic mass is 32.2. The van der Waals surface area contributed by atoms with Gasteiger partial charge >= 0.3 is 11.9 Å². The van der Waals surface area contributed by atoms with Gasteiger partial charge in [-0.2, -0.15) is 9.48 Å². The number of thioether (sulfide) groups is 1. The third-order valence-electron chi connectivity index (χ3n) is 4.50. The molecule has 2 aliphatic rings. The first-order chi connectivity index (χ1) is 13.1. The maximum absolute atomic E-state index is 14.0. The van der Waals surface area contributed by atoms with Gasteiger partial charge in [0.2, 0.25) is 5.84 Å². The van der Waals surface area contributed by atoms with Gasteiger partial charge in [-0.1, -0.05) is 44.0 Å². The summed E-state index contributed by atoms with van der Waals surface area (Å²) >= 11 is 1.31. The number of amidine groups is 2. The van der Waals surface area contributed by atoms with Crippen molar-refractivity contribution in [1.29, 1.82) is 0 Å². The molecule has 0 radical (unpaired) electrons. The molecule has 1 aromatic rings. The van der Waals surface area contributed by atoms with Crippen molar-refractivity contribution in [1.82, 2.24) is 4.90 Å². The molecule has 0 N–H and O–H groups in total. The van der Waals surface area contributed by atoms with Gasteiger partial charge in [-0.05, 0) is 17.0 Å². The maximum Gasteiger partial charge on any atom is 0.445 e. The Kier molecular flexibility index (Phi) is 5.52. The predicted octanol–water partition coefficient (Wildman–Crippen LogP) is 3.55. The molecule has 1 aromatic carbocycles. The second kappa shape index (κ2) is 7.58. The molecular weight excluding hydrogens is 379 g/mol. The lowest BCUT2D eigenvalue weighted by atomic mass is 9.91. The normalized spacial score (nSPS) is 20.2. The summed E-state index contributed by atoms with van der Waals surface area (Å²) in [4.78, 5) is 35.4. The number of urea groups is 1. The number of carbonyl (C=O) groups is 2. The first-order valence-corrected chi connectivity index (χ1v) is 10.0. The zero-order valence-corrected chi connectivity index (χ0v) is 17.5. The van der Waals surface area contributed by atoms with Crippen LogP contribution in [-0.2, 0) is 10.5 Å². The topological polar surface area (TPSA) is 65.1 Å². The van der Waals surface area contributed by atoms with E-state index in [1.54, 1.807) is 25.2 Å². The largest absolute Gasteiger partial charge is 0.445 e. The first-order valence-electron chi connectivity index (χ1n) is 9.03. The second-order valence-corrected chi connectivity index (χ2v) is 9.12. The minimum atomic E-state index is -0.742. The van der Waals surface area contributed by atoms with Crippen LogP contribution in [-0.4, -0.2) is 52.2 Å². The molecule has 3 rings (SSSR count). The molecule has 0 bridgehead atoms. The Morgan fingerprint density at radius 1 is 1.21 bits per heavy atom. The Labute approximate surface area is 168 Å². The average molecular weight is 404 g/mol. The van der Waals surface area contributed by atoms with Crippen LogP contribution in [0.25, 0.3) is 0 Å². The lowest BCUT2D eigenvalue weighted by Gasteiger charge is -2.27. The summed E-state index contributed by atoms with van der Waals surface area (Å²) in [7, 11) is 3.06. The molecule has 0 aliphatic carbocycles. The maximum atomic E-state index is 14.0. The van der Waals surface area contributed by atoms with Crippen LogP contribution in [0.5, 0.6) is 0 Å². The first kappa shape index (κ1) is 20.4. The molecule has 8 heteroatoms. The molecular formula is C20H24FN4O2S+. The number of benzene rings is 1. The van der Waals surface area contributed by atoms with E-state index in [9.17, 15) is 14.0 Å². The van der Waals surface area contributed by atoms with Gasteiger partial charge in [0.05, 0.1) is 14.1 Å². The molecule has 0 aromatic heterocycles. The van der Waals surface area contributed by atoms with Gasteiger partial charge < -0.3 is 0 Å². The summed E-state index contributed by atoms with van der Waals surface area (Å²) in [5.41, 5.74) is 0.479. The number of rotatable bonds is 3. The van der Waals surface area contributed by atoms with Crippen molar-refractivity contribution < 1.29 is 18.6 Å². The quantitative estimate of drug-likeness (QED) is 0.725. The predicted molar refractivity (Wildman–Crippen MR) is 109 cm³/mol. The highest BCUT2D eigenvalue weighted by Gasteiger charge is 2.49. The summed E-state index contributed by atoms with van der Waals surface area (Å²) < 4.78 is 15.4. The average Bonchev–Trinajstić information content (AvgIpc) is 2.62. The van der Waals surface area contributed by atoms with E-state index < -0.39 is 11.9 Å². The van der Waals surface area contributed by atoms with E-state index in [1.807, 2.05) is 0 Å². The van der Waals surface area contributed by atoms with E-state index in [0.29, 0.717) is 34.5 Å². The van der Waals surface area contributed by atoms with E-state index in [4.69, 9.17) is 0 Å². The molecule has 1 unspecified atom stereocenters. The third-order valence-corrected chi connectivity index (χ3v) is 5.58. The number of halogens is 1. The minimum Gasteiger partial charge on any atom is -0.255 e. The Morgan fingerprint density at radius 3 is 2.54 bits per heavy atom. The summed E-state index contributed by atoms with van der Waals surface area (Å²) in [5.74, 6) is -0.0967. The van der Waals surface area contributed by atoms with Gasteiger partial charge in [0.1, 0.15) is 10.9 Å². The summed E-state index contributed by atoms with van der Waals surface area (Å²) in [6, 6.07) is 6.12. The Morgan fingerprint density at radius 2 is 1.89 bits per heavy atom. The number of hydrogen-bond donors (Lipinski definition) is 0. The Hall–Kier alpha value is -2.35. The third kappa shape index (κ3) is 4.06. The Balaban J connectivity index is 2.00. The van der Waals surface area contributed by atoms with Crippen LogP contribution in [0.2, 0.25) is 0 Å². The van der Waals surface area contributed by atoms with E-state index in [1.165, 1.54) is 29.5 Å². The fraction of sp³-hybridized carbons (Fsp3) is 0.450. The molecule has 1 atom stereocenters. The van der Waals surface area contributed by atoms with Crippen molar-refractivity contribution in [2.45, 2.75) is 32.9 Å². The lowest BCUT2D eigenvalue weighted by Crippen LogP contribution is -2.54. The zero-order chi connectivity index (χ0) is 20.6. The molecule has 0 saturated heterocycles. The van der Waals surface area contributed by atoms with Crippen molar-refractivity contribution in [3.8, 4) is 0 Å². The van der Waals surface area contributed by atoms with Crippen LogP contribution in [0.15, 0.2) is 34.3 Å². The van der Waals surface area contributed by atoms with Gasteiger partial charge in [-0.3, -0.25) is 4.79 Å². The van der Waals surface area contributed by atoms with Gasteiger partial charge in [-0.15, -0.1) is 11.8 Å². The van der Waals surface area contributed by atoms with Crippen molar-refractivity contribution in [3.05, 3.63) is 35.6 Å². The van der Waals surface area contributed by atoms with Crippen molar-refractivity contribution in [3.63, 3.8) is 0 Å². The van der Waals surface area contributed by atoms with Crippen LogP contribution in [0.4, 0.5) is 9.18 Å². The van der Waals surface area contributed by atoms with Crippen LogP contribution in [0.3, 0.4) is 0 Å². The molecule has 2 aliphatic heterocycles. The van der Waals surface area contributed by atoms with Crippen LogP contribution >= 0.6 is 11.8 Å². The summed E-state index contributed by atoms with van der Waals surface area (Å²) in [5, 5.41) is 0.545. The molecule has 0 fully saturated rings. The van der Waals surface area contributed by atoms with Crippen LogP contribution in [0, 0.1) is 17.2 Å². The molecule has 6 nitrogen and oxygen atoms in total. The zero-order valence-electron chi connectivity index (χ0n) is 16.7. The molecule has 28 heavy (non-hydrogen) atoms. The molecule has 0 saturated carbocycles. The number of aliphatic imine (C=N–C) groups is 2. The number of fused-ring (bicyclic) bond motifs is 1. The smallest absolute Gasteiger partial charge is 0.255 e. The van der Waals surface area contributed by atoms with Crippen molar-refractivity contribution >= 4 is 40.4 Å². The molecule has 148 valence electrons. The van der Waals surface area contributed by atoms with E-state index in [0.717, 1.165) is 4.90 Å². The van der Waals surface area contributed by atoms with Crippen molar-refractivity contribution in [2.24, 2.45) is 21.3 Å². The standard InChI is InChI=1S/C20H24FN4O2S/c1-20(2,3)10-14-22-16-15(18(26)25(5)19(27)24(16)4)17(23-14)28-11-12-8-6-7-9-13(12)21/h6-9,15H,10-11H2,1-5H3/q+1. The fourth-order valence-corrected chi connectivity index (χ4v) is 4.14. The SMILES string of the molecule is CN1C(=O)C2C(SCc3ccccc3F)=NC(CC(C)(C)C)=NC2=[N+](C)C1=O. The van der Waals surface area contributed by atoms with Gasteiger partial charge in [0.15, 0.2) is 5.92 Å². The van der Waals surface area contributed by atoms with Crippen LogP contribution < -0.4 is 0 Å². The minimum absolute atomic E-state index is 0.0604. The lowest BCUT2D eigenvalue weighted by molar-refractivity contribution is -0.407. The number of nitrogens with zero attached hydrogens (tertiary/aromatic N) is 4.